The molecule has 0 amide bonds. The van der Waals surface area contributed by atoms with Gasteiger partial charge < -0.3 is 14.2 Å². The van der Waals surface area contributed by atoms with E-state index in [0.29, 0.717) is 28.2 Å². The first-order valence-corrected chi connectivity index (χ1v) is 9.59. The van der Waals surface area contributed by atoms with Gasteiger partial charge in [-0.3, -0.25) is 4.79 Å². The van der Waals surface area contributed by atoms with Gasteiger partial charge in [0.1, 0.15) is 23.9 Å². The van der Waals surface area contributed by atoms with E-state index in [0.717, 1.165) is 11.1 Å². The number of halogens is 1. The van der Waals surface area contributed by atoms with Gasteiger partial charge in [-0.2, -0.15) is 0 Å². The minimum absolute atomic E-state index is 0.138. The summed E-state index contributed by atoms with van der Waals surface area (Å²) in [5.41, 5.74) is 3.07. The maximum Gasteiger partial charge on any atom is 0.337 e. The average Bonchev–Trinajstić information content (AvgIpc) is 3.07. The summed E-state index contributed by atoms with van der Waals surface area (Å²) < 4.78 is 29.7. The highest BCUT2D eigenvalue weighted by molar-refractivity contribution is 6.15. The smallest absolute Gasteiger partial charge is 0.337 e. The van der Waals surface area contributed by atoms with Gasteiger partial charge in [0.25, 0.3) is 0 Å². The summed E-state index contributed by atoms with van der Waals surface area (Å²) in [7, 11) is 1.33. The lowest BCUT2D eigenvalue weighted by Crippen LogP contribution is -2.02. The highest BCUT2D eigenvalue weighted by Gasteiger charge is 2.30. The van der Waals surface area contributed by atoms with Crippen LogP contribution in [0, 0.1) is 12.7 Å². The first-order chi connectivity index (χ1) is 14.9. The second-order valence-corrected chi connectivity index (χ2v) is 7.09. The topological polar surface area (TPSA) is 61.8 Å². The minimum atomic E-state index is -0.398. The van der Waals surface area contributed by atoms with Crippen LogP contribution in [0.3, 0.4) is 0 Å². The SMILES string of the molecule is COC(=O)c1ccc(COc2cc(C)c3c(c2)O/C(=C\c2cccc(F)c2)C3=O)cc1. The molecule has 1 aliphatic rings. The number of ketones is 1. The van der Waals surface area contributed by atoms with Crippen LogP contribution in [0.5, 0.6) is 11.5 Å². The molecule has 0 spiro atoms. The van der Waals surface area contributed by atoms with Crippen molar-refractivity contribution in [3.63, 3.8) is 0 Å². The van der Waals surface area contributed by atoms with Gasteiger partial charge in [-0.15, -0.1) is 0 Å². The third kappa shape index (κ3) is 4.33. The number of Topliss-reactive ketones (excluding diaryl/α,β-unsaturated/α-hetero) is 1. The van der Waals surface area contributed by atoms with E-state index in [-0.39, 0.29) is 24.0 Å². The third-order valence-corrected chi connectivity index (χ3v) is 4.87. The van der Waals surface area contributed by atoms with Crippen molar-refractivity contribution < 1.29 is 28.2 Å². The fourth-order valence-corrected chi connectivity index (χ4v) is 3.33. The van der Waals surface area contributed by atoms with Crippen LogP contribution in [0.1, 0.15) is 37.4 Å². The van der Waals surface area contributed by atoms with Gasteiger partial charge in [0.05, 0.1) is 18.2 Å². The lowest BCUT2D eigenvalue weighted by atomic mass is 10.0. The summed E-state index contributed by atoms with van der Waals surface area (Å²) in [6.45, 7) is 2.09. The molecule has 0 fully saturated rings. The largest absolute Gasteiger partial charge is 0.489 e. The zero-order chi connectivity index (χ0) is 22.0. The Kier molecular flexibility index (Phi) is 5.54. The quantitative estimate of drug-likeness (QED) is 0.425. The molecule has 5 nitrogen and oxygen atoms in total. The maximum atomic E-state index is 13.4. The van der Waals surface area contributed by atoms with Crippen LogP contribution in [0.2, 0.25) is 0 Å². The molecule has 0 atom stereocenters. The van der Waals surface area contributed by atoms with Crippen LogP contribution < -0.4 is 9.47 Å². The molecule has 3 aromatic rings. The Morgan fingerprint density at radius 3 is 2.58 bits per heavy atom. The van der Waals surface area contributed by atoms with E-state index in [4.69, 9.17) is 9.47 Å². The molecule has 6 heteroatoms. The summed E-state index contributed by atoms with van der Waals surface area (Å²) in [5.74, 6) is 0.0622. The molecule has 156 valence electrons. The molecular formula is C25H19FO5. The molecule has 3 aromatic carbocycles. The molecule has 0 aliphatic carbocycles. The van der Waals surface area contributed by atoms with Crippen LogP contribution in [-0.4, -0.2) is 18.9 Å². The lowest BCUT2D eigenvalue weighted by Gasteiger charge is -2.09. The number of hydrogen-bond donors (Lipinski definition) is 0. The number of carbonyl (C=O) groups is 2. The Bertz CT molecular complexity index is 1200. The van der Waals surface area contributed by atoms with Crippen molar-refractivity contribution in [2.45, 2.75) is 13.5 Å². The van der Waals surface area contributed by atoms with Crippen molar-refractivity contribution >= 4 is 17.8 Å². The van der Waals surface area contributed by atoms with E-state index in [2.05, 4.69) is 4.74 Å². The van der Waals surface area contributed by atoms with Gasteiger partial charge in [-0.25, -0.2) is 9.18 Å². The third-order valence-electron chi connectivity index (χ3n) is 4.87. The summed E-state index contributed by atoms with van der Waals surface area (Å²) in [6, 6.07) is 16.3. The van der Waals surface area contributed by atoms with Crippen molar-refractivity contribution in [3.8, 4) is 11.5 Å². The average molecular weight is 418 g/mol. The molecule has 0 saturated heterocycles. The van der Waals surface area contributed by atoms with Crippen molar-refractivity contribution in [1.29, 1.82) is 0 Å². The number of esters is 1. The normalized spacial score (nSPS) is 13.6. The Morgan fingerprint density at radius 1 is 1.10 bits per heavy atom. The summed E-state index contributed by atoms with van der Waals surface area (Å²) in [6.07, 6.45) is 1.52. The fourth-order valence-electron chi connectivity index (χ4n) is 3.33. The predicted octanol–water partition coefficient (Wildman–Crippen LogP) is 5.12. The van der Waals surface area contributed by atoms with Gasteiger partial charge in [0, 0.05) is 6.07 Å². The molecule has 0 bridgehead atoms. The number of fused-ring (bicyclic) bond motifs is 1. The molecule has 0 aromatic heterocycles. The first kappa shape index (κ1) is 20.3. The number of aryl methyl sites for hydroxylation is 1. The fraction of sp³-hybridized carbons (Fsp3) is 0.120. The van der Waals surface area contributed by atoms with E-state index in [1.54, 1.807) is 48.5 Å². The van der Waals surface area contributed by atoms with Gasteiger partial charge in [-0.1, -0.05) is 24.3 Å². The second-order valence-electron chi connectivity index (χ2n) is 7.09. The van der Waals surface area contributed by atoms with E-state index in [1.165, 1.54) is 25.3 Å². The Labute approximate surface area is 178 Å². The molecule has 4 rings (SSSR count). The van der Waals surface area contributed by atoms with Crippen molar-refractivity contribution in [1.82, 2.24) is 0 Å². The lowest BCUT2D eigenvalue weighted by molar-refractivity contribution is 0.0600. The summed E-state index contributed by atoms with van der Waals surface area (Å²) >= 11 is 0. The Hall–Kier alpha value is -3.93. The molecule has 1 heterocycles. The van der Waals surface area contributed by atoms with Crippen LogP contribution in [-0.2, 0) is 11.3 Å². The number of carbonyl (C=O) groups excluding carboxylic acids is 2. The zero-order valence-corrected chi connectivity index (χ0v) is 17.0. The second kappa shape index (κ2) is 8.44. The molecule has 0 saturated carbocycles. The number of allylic oxidation sites excluding steroid dienone is 1. The van der Waals surface area contributed by atoms with Gasteiger partial charge >= 0.3 is 5.97 Å². The van der Waals surface area contributed by atoms with Crippen LogP contribution in [0.15, 0.2) is 66.4 Å². The van der Waals surface area contributed by atoms with E-state index in [1.807, 2.05) is 6.92 Å². The predicted molar refractivity (Wildman–Crippen MR) is 113 cm³/mol. The molecule has 0 unspecified atom stereocenters. The molecule has 31 heavy (non-hydrogen) atoms. The number of hydrogen-bond acceptors (Lipinski definition) is 5. The number of ether oxygens (including phenoxy) is 3. The van der Waals surface area contributed by atoms with Crippen LogP contribution in [0.25, 0.3) is 6.08 Å². The molecule has 0 N–H and O–H groups in total. The Balaban J connectivity index is 1.51. The van der Waals surface area contributed by atoms with E-state index < -0.39 is 5.97 Å². The van der Waals surface area contributed by atoms with Gasteiger partial charge in [0.2, 0.25) is 5.78 Å². The number of methoxy groups -OCH3 is 1. The van der Waals surface area contributed by atoms with Gasteiger partial charge in [-0.05, 0) is 60.0 Å². The van der Waals surface area contributed by atoms with Gasteiger partial charge in [0.15, 0.2) is 5.76 Å². The molecule has 0 radical (unpaired) electrons. The summed E-state index contributed by atoms with van der Waals surface area (Å²) in [4.78, 5) is 24.3. The highest BCUT2D eigenvalue weighted by atomic mass is 19.1. The van der Waals surface area contributed by atoms with Crippen molar-refractivity contribution in [3.05, 3.63) is 100 Å². The molecule has 1 aliphatic heterocycles. The zero-order valence-electron chi connectivity index (χ0n) is 17.0. The maximum absolute atomic E-state index is 13.4. The summed E-state index contributed by atoms with van der Waals surface area (Å²) in [5, 5.41) is 0. The first-order valence-electron chi connectivity index (χ1n) is 9.59. The highest BCUT2D eigenvalue weighted by Crippen LogP contribution is 2.37. The molecular weight excluding hydrogens is 399 g/mol. The van der Waals surface area contributed by atoms with Crippen LogP contribution >= 0.6 is 0 Å². The monoisotopic (exact) mass is 418 g/mol. The van der Waals surface area contributed by atoms with Crippen LogP contribution in [0.4, 0.5) is 4.39 Å². The minimum Gasteiger partial charge on any atom is -0.489 e. The van der Waals surface area contributed by atoms with E-state index >= 15 is 0 Å². The standard InChI is InChI=1S/C25H19FO5/c1-15-10-20(30-14-16-6-8-18(9-7-16)25(28)29-2)13-21-23(15)24(27)22(31-21)12-17-4-3-5-19(26)11-17/h3-13H,14H2,1-2H3/b22-12-. The Morgan fingerprint density at radius 2 is 1.87 bits per heavy atom. The number of rotatable bonds is 5. The number of benzene rings is 3. The van der Waals surface area contributed by atoms with Crippen molar-refractivity contribution in [2.24, 2.45) is 0 Å². The van der Waals surface area contributed by atoms with E-state index in [9.17, 15) is 14.0 Å². The van der Waals surface area contributed by atoms with Crippen molar-refractivity contribution in [2.75, 3.05) is 7.11 Å².